The zero-order valence-corrected chi connectivity index (χ0v) is 12.7. The number of fused-ring (bicyclic) bond motifs is 1. The molecule has 106 valence electrons. The number of thiophene rings is 1. The van der Waals surface area contributed by atoms with E-state index in [1.165, 1.54) is 11.3 Å². The highest BCUT2D eigenvalue weighted by molar-refractivity contribution is 7.20. The van der Waals surface area contributed by atoms with Crippen molar-refractivity contribution in [2.24, 2.45) is 0 Å². The molecule has 1 amide bonds. The van der Waals surface area contributed by atoms with Crippen LogP contribution in [-0.4, -0.2) is 5.91 Å². The quantitative estimate of drug-likeness (QED) is 0.763. The van der Waals surface area contributed by atoms with E-state index < -0.39 is 0 Å². The summed E-state index contributed by atoms with van der Waals surface area (Å²) in [6.07, 6.45) is 0. The smallest absolute Gasteiger partial charge is 0.270 e. The lowest BCUT2D eigenvalue weighted by molar-refractivity contribution is -0.351. The van der Waals surface area contributed by atoms with Crippen molar-refractivity contribution in [1.82, 2.24) is 0 Å². The molecule has 1 aromatic carbocycles. The molecule has 0 atom stereocenters. The summed E-state index contributed by atoms with van der Waals surface area (Å²) in [5, 5.41) is 3.81. The fourth-order valence-electron chi connectivity index (χ4n) is 2.41. The number of anilines is 2. The van der Waals surface area contributed by atoms with Crippen molar-refractivity contribution < 1.29 is 9.78 Å². The first-order valence-corrected chi connectivity index (χ1v) is 7.46. The molecule has 3 aromatic rings. The van der Waals surface area contributed by atoms with Crippen molar-refractivity contribution in [2.45, 2.75) is 13.8 Å². The van der Waals surface area contributed by atoms with Gasteiger partial charge >= 0.3 is 0 Å². The summed E-state index contributed by atoms with van der Waals surface area (Å²) in [5.74, 6) is -0.176. The molecule has 4 nitrogen and oxygen atoms in total. The average molecular weight is 298 g/mol. The molecule has 0 aliphatic heterocycles. The summed E-state index contributed by atoms with van der Waals surface area (Å²) in [6.45, 7) is 4.00. The lowest BCUT2D eigenvalue weighted by Crippen LogP contribution is -2.11. The van der Waals surface area contributed by atoms with E-state index in [9.17, 15) is 4.79 Å². The van der Waals surface area contributed by atoms with E-state index in [0.717, 1.165) is 27.2 Å². The second-order valence-electron chi connectivity index (χ2n) is 5.00. The molecule has 21 heavy (non-hydrogen) atoms. The Labute approximate surface area is 126 Å². The maximum Gasteiger partial charge on any atom is 0.270 e. The second-order valence-corrected chi connectivity index (χ2v) is 6.03. The predicted octanol–water partition coefficient (Wildman–Crippen LogP) is 3.17. The lowest BCUT2D eigenvalue weighted by atomic mass is 10.1. The van der Waals surface area contributed by atoms with Crippen LogP contribution in [0.3, 0.4) is 0 Å². The SMILES string of the molecule is Cc1cc(C)c2c(N)c(C(=O)Nc3ccccc3)sc2[nH+]1. The van der Waals surface area contributed by atoms with Gasteiger partial charge in [0, 0.05) is 18.7 Å². The number of rotatable bonds is 2. The van der Waals surface area contributed by atoms with Crippen LogP contribution in [0.5, 0.6) is 0 Å². The maximum absolute atomic E-state index is 12.4. The number of aryl methyl sites for hydroxylation is 2. The fraction of sp³-hybridized carbons (Fsp3) is 0.125. The molecule has 0 unspecified atom stereocenters. The summed E-state index contributed by atoms with van der Waals surface area (Å²) < 4.78 is 0. The number of aromatic amines is 1. The molecule has 0 spiro atoms. The maximum atomic E-state index is 12.4. The number of nitrogen functional groups attached to an aromatic ring is 1. The second kappa shape index (κ2) is 5.18. The molecule has 5 heteroatoms. The van der Waals surface area contributed by atoms with Gasteiger partial charge in [0.25, 0.3) is 10.7 Å². The van der Waals surface area contributed by atoms with Gasteiger partial charge in [-0.25, -0.2) is 0 Å². The zero-order chi connectivity index (χ0) is 15.0. The summed E-state index contributed by atoms with van der Waals surface area (Å²) in [7, 11) is 0. The van der Waals surface area contributed by atoms with Gasteiger partial charge in [0.05, 0.1) is 11.1 Å². The Balaban J connectivity index is 2.03. The van der Waals surface area contributed by atoms with E-state index in [1.54, 1.807) is 0 Å². The fourth-order valence-corrected chi connectivity index (χ4v) is 3.56. The average Bonchev–Trinajstić information content (AvgIpc) is 2.77. The number of H-pyrrole nitrogens is 1. The summed E-state index contributed by atoms with van der Waals surface area (Å²) in [4.78, 5) is 17.1. The van der Waals surface area contributed by atoms with E-state index in [2.05, 4.69) is 10.3 Å². The van der Waals surface area contributed by atoms with Gasteiger partial charge in [0.2, 0.25) is 0 Å². The molecule has 0 bridgehead atoms. The molecular weight excluding hydrogens is 282 g/mol. The van der Waals surface area contributed by atoms with Crippen molar-refractivity contribution in [3.05, 3.63) is 52.5 Å². The first kappa shape index (κ1) is 13.6. The minimum absolute atomic E-state index is 0.176. The molecule has 2 aromatic heterocycles. The van der Waals surface area contributed by atoms with Gasteiger partial charge < -0.3 is 11.1 Å². The van der Waals surface area contributed by atoms with Crippen molar-refractivity contribution in [3.8, 4) is 0 Å². The number of pyridine rings is 1. The first-order valence-electron chi connectivity index (χ1n) is 6.64. The van der Waals surface area contributed by atoms with Gasteiger partial charge in [0.15, 0.2) is 5.69 Å². The van der Waals surface area contributed by atoms with Gasteiger partial charge in [0.1, 0.15) is 4.88 Å². The van der Waals surface area contributed by atoms with Crippen LogP contribution in [0.15, 0.2) is 36.4 Å². The summed E-state index contributed by atoms with van der Waals surface area (Å²) in [6, 6.07) is 11.4. The third-order valence-electron chi connectivity index (χ3n) is 3.32. The minimum atomic E-state index is -0.176. The number of benzene rings is 1. The van der Waals surface area contributed by atoms with E-state index in [-0.39, 0.29) is 5.91 Å². The topological polar surface area (TPSA) is 69.3 Å². The van der Waals surface area contributed by atoms with Gasteiger partial charge in [-0.3, -0.25) is 4.79 Å². The zero-order valence-electron chi connectivity index (χ0n) is 11.9. The summed E-state index contributed by atoms with van der Waals surface area (Å²) >= 11 is 1.39. The van der Waals surface area contributed by atoms with Crippen molar-refractivity contribution in [1.29, 1.82) is 0 Å². The number of hydrogen-bond acceptors (Lipinski definition) is 3. The van der Waals surface area contributed by atoms with E-state index >= 15 is 0 Å². The van der Waals surface area contributed by atoms with Crippen molar-refractivity contribution in [2.75, 3.05) is 11.1 Å². The number of amides is 1. The predicted molar refractivity (Wildman–Crippen MR) is 86.7 cm³/mol. The Hall–Kier alpha value is -2.40. The van der Waals surface area contributed by atoms with Crippen LogP contribution in [0, 0.1) is 13.8 Å². The highest BCUT2D eigenvalue weighted by atomic mass is 32.1. The summed E-state index contributed by atoms with van der Waals surface area (Å²) in [5.41, 5.74) is 9.60. The van der Waals surface area contributed by atoms with E-state index in [0.29, 0.717) is 10.6 Å². The van der Waals surface area contributed by atoms with Crippen LogP contribution in [0.2, 0.25) is 0 Å². The van der Waals surface area contributed by atoms with E-state index in [1.807, 2.05) is 50.2 Å². The third-order valence-corrected chi connectivity index (χ3v) is 4.44. The van der Waals surface area contributed by atoms with Crippen molar-refractivity contribution in [3.63, 3.8) is 0 Å². The molecule has 3 rings (SSSR count). The molecule has 0 aliphatic carbocycles. The standard InChI is InChI=1S/C16H15N3OS/c1-9-8-10(2)18-16-12(9)13(17)14(21-16)15(20)19-11-6-4-3-5-7-11/h3-8H,17H2,1-2H3,(H,19,20)/p+1. The number of nitrogens with one attached hydrogen (secondary N) is 2. The van der Waals surface area contributed by atoms with Gasteiger partial charge in [-0.1, -0.05) is 29.5 Å². The Kier molecular flexibility index (Phi) is 3.35. The number of carbonyl (C=O) groups excluding carboxylic acids is 1. The number of nitrogens with two attached hydrogens (primary N) is 1. The Morgan fingerprint density at radius 1 is 1.24 bits per heavy atom. The van der Waals surface area contributed by atoms with Crippen LogP contribution in [0.4, 0.5) is 11.4 Å². The highest BCUT2D eigenvalue weighted by Gasteiger charge is 2.22. The number of aromatic nitrogens is 1. The Morgan fingerprint density at radius 3 is 2.67 bits per heavy atom. The number of para-hydroxylation sites is 1. The molecule has 2 heterocycles. The monoisotopic (exact) mass is 298 g/mol. The first-order chi connectivity index (χ1) is 10.1. The molecule has 0 radical (unpaired) electrons. The molecule has 0 fully saturated rings. The molecule has 0 aliphatic rings. The Bertz CT molecular complexity index is 824. The van der Waals surface area contributed by atoms with Gasteiger partial charge in [-0.15, -0.1) is 0 Å². The molecule has 0 saturated carbocycles. The van der Waals surface area contributed by atoms with Crippen LogP contribution in [-0.2, 0) is 0 Å². The molecule has 4 N–H and O–H groups in total. The number of carbonyl (C=O) groups is 1. The van der Waals surface area contributed by atoms with Gasteiger partial charge in [-0.2, -0.15) is 4.98 Å². The van der Waals surface area contributed by atoms with E-state index in [4.69, 9.17) is 5.73 Å². The third kappa shape index (κ3) is 2.48. The van der Waals surface area contributed by atoms with Crippen LogP contribution < -0.4 is 16.0 Å². The van der Waals surface area contributed by atoms with Gasteiger partial charge in [-0.05, 0) is 24.6 Å². The molecule has 0 saturated heterocycles. The normalized spacial score (nSPS) is 10.8. The van der Waals surface area contributed by atoms with Crippen LogP contribution in [0.25, 0.3) is 10.2 Å². The number of hydrogen-bond donors (Lipinski definition) is 2. The van der Waals surface area contributed by atoms with Crippen molar-refractivity contribution >= 4 is 38.8 Å². The Morgan fingerprint density at radius 2 is 1.95 bits per heavy atom. The minimum Gasteiger partial charge on any atom is -0.397 e. The largest absolute Gasteiger partial charge is 0.397 e. The molecular formula is C16H16N3OS+. The van der Waals surface area contributed by atoms with Crippen LogP contribution >= 0.6 is 11.3 Å². The van der Waals surface area contributed by atoms with Crippen LogP contribution in [0.1, 0.15) is 20.9 Å². The highest BCUT2D eigenvalue weighted by Crippen LogP contribution is 2.33. The lowest BCUT2D eigenvalue weighted by Gasteiger charge is -2.03.